The number of hydrogen-bond acceptors (Lipinski definition) is 7. The predicted molar refractivity (Wildman–Crippen MR) is 178 cm³/mol. The average molecular weight is 612 g/mol. The number of methoxy groups -OCH3 is 1. The molecule has 1 aliphatic rings. The van der Waals surface area contributed by atoms with Crippen LogP contribution in [-0.2, 0) is 16.8 Å². The molecule has 1 unspecified atom stereocenters. The number of nitrogens with one attached hydrogen (secondary N) is 2. The molecule has 1 amide bonds. The fourth-order valence-electron chi connectivity index (χ4n) is 5.13. The van der Waals surface area contributed by atoms with Gasteiger partial charge in [0.05, 0.1) is 12.7 Å². The van der Waals surface area contributed by atoms with Crippen LogP contribution in [0.25, 0.3) is 0 Å². The van der Waals surface area contributed by atoms with E-state index in [4.69, 9.17) is 19.6 Å². The molecule has 8 nitrogen and oxygen atoms in total. The summed E-state index contributed by atoms with van der Waals surface area (Å²) in [7, 11) is 1.62. The SMILES string of the molecule is CCCSc1nc2n(n1)C(c1ccc(OCc3ccc(C(C)(C)C)cc3)c(OC)c1)C(C(=O)Nc1ccccc1C)=C(C)N2. The molecule has 9 heteroatoms. The summed E-state index contributed by atoms with van der Waals surface area (Å²) in [6.45, 7) is 13.0. The summed E-state index contributed by atoms with van der Waals surface area (Å²) in [5, 5.41) is 11.9. The quantitative estimate of drug-likeness (QED) is 0.176. The van der Waals surface area contributed by atoms with Crippen LogP contribution in [0.3, 0.4) is 0 Å². The fraction of sp³-hybridized carbons (Fsp3) is 0.343. The van der Waals surface area contributed by atoms with Crippen molar-refractivity contribution in [1.29, 1.82) is 0 Å². The predicted octanol–water partition coefficient (Wildman–Crippen LogP) is 7.90. The van der Waals surface area contributed by atoms with Gasteiger partial charge in [0.15, 0.2) is 11.5 Å². The second-order valence-corrected chi connectivity index (χ2v) is 13.1. The van der Waals surface area contributed by atoms with Crippen molar-refractivity contribution >= 4 is 29.3 Å². The molecule has 0 bridgehead atoms. The second-order valence-electron chi connectivity index (χ2n) is 12.0. The van der Waals surface area contributed by atoms with E-state index in [-0.39, 0.29) is 11.3 Å². The van der Waals surface area contributed by atoms with E-state index in [0.717, 1.165) is 34.6 Å². The van der Waals surface area contributed by atoms with Crippen LogP contribution in [-0.4, -0.2) is 33.5 Å². The van der Waals surface area contributed by atoms with Crippen LogP contribution in [0, 0.1) is 6.92 Å². The van der Waals surface area contributed by atoms with E-state index in [1.807, 2.05) is 56.3 Å². The van der Waals surface area contributed by atoms with E-state index in [0.29, 0.717) is 40.5 Å². The number of nitrogens with zero attached hydrogens (tertiary/aromatic N) is 3. The van der Waals surface area contributed by atoms with Crippen molar-refractivity contribution in [3.8, 4) is 11.5 Å². The first-order valence-electron chi connectivity index (χ1n) is 14.9. The number of allylic oxidation sites excluding steroid dienone is 1. The smallest absolute Gasteiger partial charge is 0.255 e. The topological polar surface area (TPSA) is 90.3 Å². The summed E-state index contributed by atoms with van der Waals surface area (Å²) in [5.74, 6) is 2.48. The van der Waals surface area contributed by atoms with Gasteiger partial charge in [0, 0.05) is 17.1 Å². The molecule has 0 saturated carbocycles. The Hall–Kier alpha value is -4.24. The lowest BCUT2D eigenvalue weighted by Crippen LogP contribution is -2.31. The lowest BCUT2D eigenvalue weighted by molar-refractivity contribution is -0.113. The number of para-hydroxylation sites is 1. The molecule has 0 saturated heterocycles. The number of thioether (sulfide) groups is 1. The first kappa shape index (κ1) is 31.2. The van der Waals surface area contributed by atoms with Crippen molar-refractivity contribution in [2.24, 2.45) is 0 Å². The van der Waals surface area contributed by atoms with Gasteiger partial charge in [-0.1, -0.05) is 88.0 Å². The molecule has 1 aromatic heterocycles. The first-order chi connectivity index (χ1) is 21.1. The third-order valence-corrected chi connectivity index (χ3v) is 8.67. The number of aromatic nitrogens is 3. The third kappa shape index (κ3) is 6.78. The zero-order chi connectivity index (χ0) is 31.4. The van der Waals surface area contributed by atoms with Gasteiger partial charge < -0.3 is 20.1 Å². The lowest BCUT2D eigenvalue weighted by atomic mass is 9.87. The Labute approximate surface area is 264 Å². The lowest BCUT2D eigenvalue weighted by Gasteiger charge is -2.29. The van der Waals surface area contributed by atoms with E-state index >= 15 is 0 Å². The summed E-state index contributed by atoms with van der Waals surface area (Å²) in [5.41, 5.74) is 6.28. The van der Waals surface area contributed by atoms with Gasteiger partial charge in [-0.3, -0.25) is 4.79 Å². The van der Waals surface area contributed by atoms with Gasteiger partial charge in [-0.15, -0.1) is 5.10 Å². The molecule has 1 aliphatic heterocycles. The Balaban J connectivity index is 1.47. The Morgan fingerprint density at radius 2 is 1.80 bits per heavy atom. The standard InChI is InChI=1S/C35H41N5O3S/c1-8-19-44-34-38-33-36-23(3)30(32(41)37-27-12-10-9-11-22(27)2)31(40(33)39-34)25-15-18-28(29(20-25)42-7)43-21-24-13-16-26(17-14-24)35(4,5)6/h9-18,20,31H,8,19,21H2,1-7H3,(H,37,41)(H,36,38,39). The van der Waals surface area contributed by atoms with Crippen LogP contribution in [0.2, 0.25) is 0 Å². The van der Waals surface area contributed by atoms with Crippen molar-refractivity contribution in [3.63, 3.8) is 0 Å². The van der Waals surface area contributed by atoms with Gasteiger partial charge in [-0.05, 0) is 66.1 Å². The number of carbonyl (C=O) groups excluding carboxylic acids is 1. The number of aryl methyl sites for hydroxylation is 1. The zero-order valence-corrected chi connectivity index (χ0v) is 27.3. The van der Waals surface area contributed by atoms with Crippen LogP contribution in [0.15, 0.2) is 83.2 Å². The molecule has 0 aliphatic carbocycles. The number of fused-ring (bicyclic) bond motifs is 1. The minimum absolute atomic E-state index is 0.0922. The normalized spacial score (nSPS) is 14.6. The third-order valence-electron chi connectivity index (χ3n) is 7.62. The molecule has 44 heavy (non-hydrogen) atoms. The minimum Gasteiger partial charge on any atom is -0.493 e. The minimum atomic E-state index is -0.536. The maximum absolute atomic E-state index is 13.9. The Morgan fingerprint density at radius 1 is 1.05 bits per heavy atom. The highest BCUT2D eigenvalue weighted by Crippen LogP contribution is 2.40. The van der Waals surface area contributed by atoms with Crippen LogP contribution in [0.1, 0.15) is 69.3 Å². The molecule has 3 aromatic carbocycles. The monoisotopic (exact) mass is 611 g/mol. The number of rotatable bonds is 10. The van der Waals surface area contributed by atoms with Crippen molar-refractivity contribution in [2.45, 2.75) is 71.2 Å². The average Bonchev–Trinajstić information content (AvgIpc) is 3.41. The molecular weight excluding hydrogens is 570 g/mol. The maximum atomic E-state index is 13.9. The summed E-state index contributed by atoms with van der Waals surface area (Å²) >= 11 is 1.60. The van der Waals surface area contributed by atoms with Gasteiger partial charge in [-0.25, -0.2) is 4.68 Å². The van der Waals surface area contributed by atoms with Crippen LogP contribution in [0.4, 0.5) is 11.6 Å². The fourth-order valence-corrected chi connectivity index (χ4v) is 5.81. The summed E-state index contributed by atoms with van der Waals surface area (Å²) < 4.78 is 13.8. The Morgan fingerprint density at radius 3 is 2.48 bits per heavy atom. The van der Waals surface area contributed by atoms with Gasteiger partial charge in [-0.2, -0.15) is 4.98 Å². The molecule has 1 atom stereocenters. The van der Waals surface area contributed by atoms with Crippen molar-refractivity contribution in [1.82, 2.24) is 14.8 Å². The summed E-state index contributed by atoms with van der Waals surface area (Å²) in [6, 6.07) is 21.5. The molecule has 0 spiro atoms. The first-order valence-corrected chi connectivity index (χ1v) is 15.9. The number of benzene rings is 3. The molecular formula is C35H41N5O3S. The number of anilines is 2. The summed E-state index contributed by atoms with van der Waals surface area (Å²) in [4.78, 5) is 18.7. The molecule has 230 valence electrons. The van der Waals surface area contributed by atoms with Gasteiger partial charge >= 0.3 is 0 Å². The van der Waals surface area contributed by atoms with Gasteiger partial charge in [0.25, 0.3) is 5.91 Å². The van der Waals surface area contributed by atoms with Crippen molar-refractivity contribution < 1.29 is 14.3 Å². The van der Waals surface area contributed by atoms with E-state index < -0.39 is 6.04 Å². The molecule has 2 N–H and O–H groups in total. The molecule has 0 fully saturated rings. The molecule has 2 heterocycles. The molecule has 0 radical (unpaired) electrons. The highest BCUT2D eigenvalue weighted by atomic mass is 32.2. The van der Waals surface area contributed by atoms with Gasteiger partial charge in [0.1, 0.15) is 12.6 Å². The van der Waals surface area contributed by atoms with E-state index in [1.165, 1.54) is 5.56 Å². The van der Waals surface area contributed by atoms with Crippen molar-refractivity contribution in [2.75, 3.05) is 23.5 Å². The van der Waals surface area contributed by atoms with E-state index in [2.05, 4.69) is 62.6 Å². The van der Waals surface area contributed by atoms with Crippen LogP contribution >= 0.6 is 11.8 Å². The highest BCUT2D eigenvalue weighted by Gasteiger charge is 2.35. The number of carbonyl (C=O) groups is 1. The van der Waals surface area contributed by atoms with Crippen molar-refractivity contribution in [3.05, 3.63) is 100 Å². The highest BCUT2D eigenvalue weighted by molar-refractivity contribution is 7.99. The molecule has 4 aromatic rings. The van der Waals surface area contributed by atoms with E-state index in [1.54, 1.807) is 23.6 Å². The number of hydrogen-bond donors (Lipinski definition) is 2. The maximum Gasteiger partial charge on any atom is 0.255 e. The number of amides is 1. The zero-order valence-electron chi connectivity index (χ0n) is 26.5. The van der Waals surface area contributed by atoms with Crippen LogP contribution < -0.4 is 20.1 Å². The Kier molecular flexibility index (Phi) is 9.34. The van der Waals surface area contributed by atoms with Gasteiger partial charge in [0.2, 0.25) is 11.1 Å². The second kappa shape index (κ2) is 13.2. The van der Waals surface area contributed by atoms with Crippen LogP contribution in [0.5, 0.6) is 11.5 Å². The summed E-state index contributed by atoms with van der Waals surface area (Å²) in [6.07, 6.45) is 1.01. The number of ether oxygens (including phenoxy) is 2. The Bertz CT molecular complexity index is 1670. The molecule has 5 rings (SSSR count). The van der Waals surface area contributed by atoms with E-state index in [9.17, 15) is 4.79 Å². The largest absolute Gasteiger partial charge is 0.493 e.